The number of rotatable bonds is 1. The van der Waals surface area contributed by atoms with Crippen molar-refractivity contribution in [1.29, 1.82) is 0 Å². The summed E-state index contributed by atoms with van der Waals surface area (Å²) in [6, 6.07) is 8.17. The highest BCUT2D eigenvalue weighted by Crippen LogP contribution is 2.31. The monoisotopic (exact) mass is 275 g/mol. The molecule has 0 radical (unpaired) electrons. The minimum Gasteiger partial charge on any atom is -0.306 e. The average Bonchev–Trinajstić information content (AvgIpc) is 2.81. The van der Waals surface area contributed by atoms with E-state index in [0.29, 0.717) is 11.6 Å². The van der Waals surface area contributed by atoms with Crippen LogP contribution < -0.4 is 10.5 Å². The molecule has 6 heteroatoms. The van der Waals surface area contributed by atoms with E-state index in [-0.39, 0.29) is 17.2 Å². The lowest BCUT2D eigenvalue weighted by molar-refractivity contribution is 0.0983. The summed E-state index contributed by atoms with van der Waals surface area (Å²) in [5, 5.41) is 6.68. The SMILES string of the molecule is O=C(c1ccc(=O)[nH]n1)N1CCc2cc(Cl)ccc21. The van der Waals surface area contributed by atoms with Crippen molar-refractivity contribution >= 4 is 23.2 Å². The van der Waals surface area contributed by atoms with Gasteiger partial charge in [-0.25, -0.2) is 5.10 Å². The number of benzene rings is 1. The van der Waals surface area contributed by atoms with Crippen LogP contribution in [0.15, 0.2) is 35.1 Å². The molecular weight excluding hydrogens is 266 g/mol. The van der Waals surface area contributed by atoms with Gasteiger partial charge in [0.15, 0.2) is 0 Å². The summed E-state index contributed by atoms with van der Waals surface area (Å²) < 4.78 is 0. The van der Waals surface area contributed by atoms with Crippen molar-refractivity contribution in [3.8, 4) is 0 Å². The van der Waals surface area contributed by atoms with E-state index in [0.717, 1.165) is 17.7 Å². The van der Waals surface area contributed by atoms with Gasteiger partial charge in [-0.1, -0.05) is 11.6 Å². The van der Waals surface area contributed by atoms with Crippen molar-refractivity contribution in [2.24, 2.45) is 0 Å². The van der Waals surface area contributed by atoms with Crippen LogP contribution in [-0.4, -0.2) is 22.6 Å². The molecule has 1 aromatic heterocycles. The zero-order valence-electron chi connectivity index (χ0n) is 9.89. The van der Waals surface area contributed by atoms with E-state index < -0.39 is 0 Å². The fourth-order valence-electron chi connectivity index (χ4n) is 2.18. The van der Waals surface area contributed by atoms with Gasteiger partial charge in [0.1, 0.15) is 5.69 Å². The highest BCUT2D eigenvalue weighted by Gasteiger charge is 2.26. The second-order valence-electron chi connectivity index (χ2n) is 4.29. The van der Waals surface area contributed by atoms with Gasteiger partial charge in [0.05, 0.1) is 0 Å². The maximum absolute atomic E-state index is 12.3. The van der Waals surface area contributed by atoms with Crippen molar-refractivity contribution in [1.82, 2.24) is 10.2 Å². The third kappa shape index (κ3) is 2.13. The van der Waals surface area contributed by atoms with E-state index in [2.05, 4.69) is 10.2 Å². The molecule has 19 heavy (non-hydrogen) atoms. The van der Waals surface area contributed by atoms with Gasteiger partial charge in [0.25, 0.3) is 11.5 Å². The van der Waals surface area contributed by atoms with Crippen LogP contribution in [-0.2, 0) is 6.42 Å². The fourth-order valence-corrected chi connectivity index (χ4v) is 2.38. The molecule has 1 aliphatic heterocycles. The third-order valence-electron chi connectivity index (χ3n) is 3.08. The first kappa shape index (κ1) is 11.9. The van der Waals surface area contributed by atoms with Gasteiger partial charge in [-0.05, 0) is 36.2 Å². The molecule has 2 heterocycles. The molecule has 0 unspecified atom stereocenters. The molecule has 1 N–H and O–H groups in total. The lowest BCUT2D eigenvalue weighted by Crippen LogP contribution is -2.30. The number of aromatic amines is 1. The summed E-state index contributed by atoms with van der Waals surface area (Å²) in [6.45, 7) is 0.593. The number of anilines is 1. The van der Waals surface area contributed by atoms with Crippen LogP contribution in [0.5, 0.6) is 0 Å². The van der Waals surface area contributed by atoms with Gasteiger partial charge in [-0.2, -0.15) is 5.10 Å². The fraction of sp³-hybridized carbons (Fsp3) is 0.154. The second kappa shape index (κ2) is 4.51. The molecule has 0 atom stereocenters. The molecule has 0 fully saturated rings. The Hall–Kier alpha value is -2.14. The van der Waals surface area contributed by atoms with Crippen molar-refractivity contribution < 1.29 is 4.79 Å². The van der Waals surface area contributed by atoms with E-state index in [1.807, 2.05) is 12.1 Å². The smallest absolute Gasteiger partial charge is 0.278 e. The summed E-state index contributed by atoms with van der Waals surface area (Å²) in [5.74, 6) is -0.225. The van der Waals surface area contributed by atoms with Gasteiger partial charge >= 0.3 is 0 Å². The third-order valence-corrected chi connectivity index (χ3v) is 3.32. The maximum Gasteiger partial charge on any atom is 0.278 e. The molecule has 2 aromatic rings. The molecular formula is C13H10ClN3O2. The van der Waals surface area contributed by atoms with Crippen LogP contribution in [0.4, 0.5) is 5.69 Å². The normalized spacial score (nSPS) is 13.4. The lowest BCUT2D eigenvalue weighted by Gasteiger charge is -2.16. The van der Waals surface area contributed by atoms with Crippen LogP contribution in [0.25, 0.3) is 0 Å². The summed E-state index contributed by atoms with van der Waals surface area (Å²) in [5.41, 5.74) is 1.79. The second-order valence-corrected chi connectivity index (χ2v) is 4.72. The van der Waals surface area contributed by atoms with Crippen LogP contribution >= 0.6 is 11.6 Å². The topological polar surface area (TPSA) is 66.1 Å². The number of amides is 1. The molecule has 1 amide bonds. The summed E-state index contributed by atoms with van der Waals surface area (Å²) in [6.07, 6.45) is 0.769. The molecule has 0 aliphatic carbocycles. The molecule has 1 aromatic carbocycles. The number of carbonyl (C=O) groups is 1. The largest absolute Gasteiger partial charge is 0.306 e. The zero-order valence-corrected chi connectivity index (χ0v) is 10.6. The van der Waals surface area contributed by atoms with Crippen molar-refractivity contribution in [3.05, 3.63) is 57.0 Å². The summed E-state index contributed by atoms with van der Waals surface area (Å²) in [7, 11) is 0. The van der Waals surface area contributed by atoms with Gasteiger partial charge in [-0.3, -0.25) is 9.59 Å². The quantitative estimate of drug-likeness (QED) is 0.860. The summed E-state index contributed by atoms with van der Waals surface area (Å²) in [4.78, 5) is 24.9. The van der Waals surface area contributed by atoms with Gasteiger partial charge in [-0.15, -0.1) is 0 Å². The number of hydrogen-bond acceptors (Lipinski definition) is 3. The number of carbonyl (C=O) groups excluding carboxylic acids is 1. The van der Waals surface area contributed by atoms with Crippen molar-refractivity contribution in [3.63, 3.8) is 0 Å². The Bertz CT molecular complexity index is 691. The number of nitrogens with zero attached hydrogens (tertiary/aromatic N) is 2. The van der Waals surface area contributed by atoms with Crippen LogP contribution in [0.3, 0.4) is 0 Å². The maximum atomic E-state index is 12.3. The first-order chi connectivity index (χ1) is 9.15. The highest BCUT2D eigenvalue weighted by atomic mass is 35.5. The van der Waals surface area contributed by atoms with Crippen LogP contribution in [0, 0.1) is 0 Å². The minimum absolute atomic E-state index is 0.224. The molecule has 0 saturated carbocycles. The Balaban J connectivity index is 1.95. The Kier molecular flexibility index (Phi) is 2.83. The molecule has 1 aliphatic rings. The van der Waals surface area contributed by atoms with Gasteiger partial charge in [0.2, 0.25) is 0 Å². The van der Waals surface area contributed by atoms with E-state index in [4.69, 9.17) is 11.6 Å². The number of aromatic nitrogens is 2. The number of nitrogens with one attached hydrogen (secondary N) is 1. The van der Waals surface area contributed by atoms with Crippen LogP contribution in [0.2, 0.25) is 5.02 Å². The van der Waals surface area contributed by atoms with E-state index >= 15 is 0 Å². The molecule has 3 rings (SSSR count). The van der Waals surface area contributed by atoms with Crippen molar-refractivity contribution in [2.45, 2.75) is 6.42 Å². The predicted molar refractivity (Wildman–Crippen MR) is 71.7 cm³/mol. The molecule has 0 bridgehead atoms. The van der Waals surface area contributed by atoms with Crippen molar-refractivity contribution in [2.75, 3.05) is 11.4 Å². The molecule has 96 valence electrons. The Morgan fingerprint density at radius 1 is 1.32 bits per heavy atom. The zero-order chi connectivity index (χ0) is 13.4. The number of halogens is 1. The Labute approximate surface area is 113 Å². The van der Waals surface area contributed by atoms with E-state index in [1.165, 1.54) is 12.1 Å². The van der Waals surface area contributed by atoms with Gasteiger partial charge in [0, 0.05) is 23.3 Å². The number of H-pyrrole nitrogens is 1. The molecule has 5 nitrogen and oxygen atoms in total. The highest BCUT2D eigenvalue weighted by molar-refractivity contribution is 6.30. The standard InChI is InChI=1S/C13H10ClN3O2/c14-9-1-3-11-8(7-9)5-6-17(11)13(19)10-2-4-12(18)16-15-10/h1-4,7H,5-6H2,(H,16,18). The van der Waals surface area contributed by atoms with E-state index in [9.17, 15) is 9.59 Å². The lowest BCUT2D eigenvalue weighted by atomic mass is 10.2. The first-order valence-corrected chi connectivity index (χ1v) is 6.19. The van der Waals surface area contributed by atoms with Gasteiger partial charge < -0.3 is 4.90 Å². The Morgan fingerprint density at radius 2 is 2.16 bits per heavy atom. The predicted octanol–water partition coefficient (Wildman–Crippen LogP) is 1.63. The number of fused-ring (bicyclic) bond motifs is 1. The Morgan fingerprint density at radius 3 is 2.89 bits per heavy atom. The minimum atomic E-state index is -0.329. The average molecular weight is 276 g/mol. The van der Waals surface area contributed by atoms with E-state index in [1.54, 1.807) is 11.0 Å². The first-order valence-electron chi connectivity index (χ1n) is 5.81. The molecule has 0 spiro atoms. The molecule has 0 saturated heterocycles. The number of hydrogen-bond donors (Lipinski definition) is 1. The summed E-state index contributed by atoms with van der Waals surface area (Å²) >= 11 is 5.93. The van der Waals surface area contributed by atoms with Crippen LogP contribution in [0.1, 0.15) is 16.1 Å².